The van der Waals surface area contributed by atoms with E-state index in [-0.39, 0.29) is 23.0 Å². The second-order valence-corrected chi connectivity index (χ2v) is 6.15. The predicted molar refractivity (Wildman–Crippen MR) is 90.0 cm³/mol. The summed E-state index contributed by atoms with van der Waals surface area (Å²) >= 11 is 3.22. The van der Waals surface area contributed by atoms with Crippen LogP contribution in [-0.2, 0) is 6.54 Å². The molecule has 1 N–H and O–H groups in total. The van der Waals surface area contributed by atoms with Crippen molar-refractivity contribution >= 4 is 34.0 Å². The van der Waals surface area contributed by atoms with Gasteiger partial charge in [-0.05, 0) is 67.0 Å². The lowest BCUT2D eigenvalue weighted by atomic mass is 10.1. The fourth-order valence-electron chi connectivity index (χ4n) is 2.66. The number of nitro groups is 1. The SMILES string of the molecule is CN(Cc1ccc(Br)c([N+](=O)[O-])c1)C1CCCNCC1.Cl. The van der Waals surface area contributed by atoms with Crippen LogP contribution in [0.15, 0.2) is 22.7 Å². The molecule has 1 aromatic carbocycles. The molecule has 1 atom stereocenters. The van der Waals surface area contributed by atoms with Crippen LogP contribution < -0.4 is 5.32 Å². The van der Waals surface area contributed by atoms with E-state index < -0.39 is 0 Å². The molecule has 1 aliphatic heterocycles. The van der Waals surface area contributed by atoms with Crippen LogP contribution >= 0.6 is 28.3 Å². The van der Waals surface area contributed by atoms with E-state index in [9.17, 15) is 10.1 Å². The van der Waals surface area contributed by atoms with Gasteiger partial charge in [0.05, 0.1) is 9.40 Å². The number of nitro benzene ring substituents is 1. The largest absolute Gasteiger partial charge is 0.317 e. The van der Waals surface area contributed by atoms with Gasteiger partial charge in [-0.2, -0.15) is 0 Å². The summed E-state index contributed by atoms with van der Waals surface area (Å²) in [6.45, 7) is 2.89. The van der Waals surface area contributed by atoms with Gasteiger partial charge in [0.25, 0.3) is 5.69 Å². The predicted octanol–water partition coefficient (Wildman–Crippen LogP) is 3.35. The molecule has 0 spiro atoms. The second-order valence-electron chi connectivity index (χ2n) is 5.29. The van der Waals surface area contributed by atoms with Gasteiger partial charge >= 0.3 is 0 Å². The lowest BCUT2D eigenvalue weighted by Gasteiger charge is -2.26. The summed E-state index contributed by atoms with van der Waals surface area (Å²) in [5.41, 5.74) is 1.12. The molecule has 5 nitrogen and oxygen atoms in total. The molecule has 7 heteroatoms. The number of hydrogen-bond donors (Lipinski definition) is 1. The molecule has 0 radical (unpaired) electrons. The summed E-state index contributed by atoms with van der Waals surface area (Å²) in [7, 11) is 2.10. The number of nitrogens with one attached hydrogen (secondary N) is 1. The van der Waals surface area contributed by atoms with Crippen LogP contribution in [0.4, 0.5) is 5.69 Å². The van der Waals surface area contributed by atoms with Crippen molar-refractivity contribution in [1.29, 1.82) is 0 Å². The molecule has 1 aliphatic rings. The van der Waals surface area contributed by atoms with Gasteiger partial charge in [-0.1, -0.05) is 6.07 Å². The van der Waals surface area contributed by atoms with Crippen molar-refractivity contribution < 1.29 is 4.92 Å². The molecule has 1 fully saturated rings. The molecule has 0 aliphatic carbocycles. The van der Waals surface area contributed by atoms with Crippen LogP contribution in [0.2, 0.25) is 0 Å². The first-order chi connectivity index (χ1) is 9.58. The highest BCUT2D eigenvalue weighted by molar-refractivity contribution is 9.10. The zero-order valence-corrected chi connectivity index (χ0v) is 14.5. The molecular formula is C14H21BrClN3O2. The maximum atomic E-state index is 11.0. The monoisotopic (exact) mass is 377 g/mol. The van der Waals surface area contributed by atoms with E-state index in [0.29, 0.717) is 10.5 Å². The third-order valence-corrected chi connectivity index (χ3v) is 4.48. The van der Waals surface area contributed by atoms with Crippen LogP contribution in [0.5, 0.6) is 0 Å². The number of halogens is 2. The third-order valence-electron chi connectivity index (χ3n) is 3.81. The first-order valence-electron chi connectivity index (χ1n) is 6.91. The fourth-order valence-corrected chi connectivity index (χ4v) is 3.05. The van der Waals surface area contributed by atoms with Gasteiger partial charge in [-0.15, -0.1) is 12.4 Å². The van der Waals surface area contributed by atoms with E-state index in [0.717, 1.165) is 31.6 Å². The van der Waals surface area contributed by atoms with Crippen molar-refractivity contribution in [3.05, 3.63) is 38.3 Å². The zero-order valence-electron chi connectivity index (χ0n) is 12.0. The van der Waals surface area contributed by atoms with E-state index in [1.807, 2.05) is 6.07 Å². The molecule has 1 unspecified atom stereocenters. The van der Waals surface area contributed by atoms with Gasteiger partial charge < -0.3 is 5.32 Å². The van der Waals surface area contributed by atoms with E-state index in [1.54, 1.807) is 12.1 Å². The third kappa shape index (κ3) is 5.21. The van der Waals surface area contributed by atoms with Crippen molar-refractivity contribution in [2.24, 2.45) is 0 Å². The van der Waals surface area contributed by atoms with Crippen molar-refractivity contribution in [1.82, 2.24) is 10.2 Å². The summed E-state index contributed by atoms with van der Waals surface area (Å²) in [5, 5.41) is 14.4. The Morgan fingerprint density at radius 1 is 1.43 bits per heavy atom. The number of benzene rings is 1. The molecule has 2 rings (SSSR count). The van der Waals surface area contributed by atoms with E-state index in [1.165, 1.54) is 12.8 Å². The summed E-state index contributed by atoms with van der Waals surface area (Å²) < 4.78 is 0.535. The average molecular weight is 379 g/mol. The lowest BCUT2D eigenvalue weighted by molar-refractivity contribution is -0.385. The molecule has 1 saturated heterocycles. The van der Waals surface area contributed by atoms with Gasteiger partial charge in [0.2, 0.25) is 0 Å². The van der Waals surface area contributed by atoms with E-state index >= 15 is 0 Å². The first-order valence-corrected chi connectivity index (χ1v) is 7.71. The second kappa shape index (κ2) is 8.68. The Morgan fingerprint density at radius 2 is 2.19 bits per heavy atom. The number of hydrogen-bond acceptors (Lipinski definition) is 4. The maximum Gasteiger partial charge on any atom is 0.283 e. The molecule has 0 bridgehead atoms. The summed E-state index contributed by atoms with van der Waals surface area (Å²) in [5.74, 6) is 0. The molecule has 0 amide bonds. The highest BCUT2D eigenvalue weighted by Crippen LogP contribution is 2.26. The standard InChI is InChI=1S/C14H20BrN3O2.ClH/c1-17(12-3-2-7-16-8-6-12)10-11-4-5-13(15)14(9-11)18(19)20;/h4-5,9,12,16H,2-3,6-8,10H2,1H3;1H. The Balaban J connectivity index is 0.00000220. The Bertz CT molecular complexity index is 479. The quantitative estimate of drug-likeness (QED) is 0.645. The average Bonchev–Trinajstić information content (AvgIpc) is 2.69. The normalized spacial score (nSPS) is 18.9. The highest BCUT2D eigenvalue weighted by atomic mass is 79.9. The Labute approximate surface area is 139 Å². The van der Waals surface area contributed by atoms with Gasteiger partial charge in [-0.3, -0.25) is 15.0 Å². The minimum absolute atomic E-state index is 0. The van der Waals surface area contributed by atoms with Crippen molar-refractivity contribution in [3.8, 4) is 0 Å². The van der Waals surface area contributed by atoms with Gasteiger partial charge in [-0.25, -0.2) is 0 Å². The van der Waals surface area contributed by atoms with E-state index in [4.69, 9.17) is 0 Å². The Morgan fingerprint density at radius 3 is 2.90 bits per heavy atom. The fraction of sp³-hybridized carbons (Fsp3) is 0.571. The van der Waals surface area contributed by atoms with Crippen LogP contribution in [0.3, 0.4) is 0 Å². The Kier molecular flexibility index (Phi) is 7.59. The smallest absolute Gasteiger partial charge is 0.283 e. The molecule has 0 saturated carbocycles. The van der Waals surface area contributed by atoms with Crippen molar-refractivity contribution in [2.75, 3.05) is 20.1 Å². The van der Waals surface area contributed by atoms with E-state index in [2.05, 4.69) is 33.2 Å². The minimum atomic E-state index is -0.344. The molecule has 21 heavy (non-hydrogen) atoms. The number of rotatable bonds is 4. The van der Waals surface area contributed by atoms with Crippen LogP contribution in [0, 0.1) is 10.1 Å². The van der Waals surface area contributed by atoms with Gasteiger partial charge in [0, 0.05) is 18.7 Å². The number of nitrogens with zero attached hydrogens (tertiary/aromatic N) is 2. The lowest BCUT2D eigenvalue weighted by Crippen LogP contribution is -2.32. The van der Waals surface area contributed by atoms with Crippen LogP contribution in [0.1, 0.15) is 24.8 Å². The minimum Gasteiger partial charge on any atom is -0.317 e. The van der Waals surface area contributed by atoms with Crippen molar-refractivity contribution in [2.45, 2.75) is 31.8 Å². The maximum absolute atomic E-state index is 11.0. The molecule has 118 valence electrons. The van der Waals surface area contributed by atoms with Crippen molar-refractivity contribution in [3.63, 3.8) is 0 Å². The van der Waals surface area contributed by atoms with Gasteiger partial charge in [0.1, 0.15) is 0 Å². The molecule has 1 aromatic rings. The molecule has 1 heterocycles. The highest BCUT2D eigenvalue weighted by Gasteiger charge is 2.18. The van der Waals surface area contributed by atoms with Gasteiger partial charge in [0.15, 0.2) is 0 Å². The van der Waals surface area contributed by atoms with Crippen LogP contribution in [0.25, 0.3) is 0 Å². The summed E-state index contributed by atoms with van der Waals surface area (Å²) in [6.07, 6.45) is 3.51. The summed E-state index contributed by atoms with van der Waals surface area (Å²) in [6, 6.07) is 5.92. The summed E-state index contributed by atoms with van der Waals surface area (Å²) in [4.78, 5) is 12.9. The zero-order chi connectivity index (χ0) is 14.5. The van der Waals surface area contributed by atoms with Crippen LogP contribution in [-0.4, -0.2) is 36.0 Å². The topological polar surface area (TPSA) is 58.4 Å². The first kappa shape index (κ1) is 18.4. The molecular weight excluding hydrogens is 358 g/mol. The Hall–Kier alpha value is -0.690. The molecule has 0 aromatic heterocycles.